The Kier molecular flexibility index (Phi) is 5.25. The standard InChI is InChI=1S/C17H25ClN2/c1-14(2)12-17(19,13-20-10-4-3-5-11-20)15-6-8-16(18)9-7-15/h6-9H,1,3-5,10-13,19H2,2H3. The van der Waals surface area contributed by atoms with Crippen molar-refractivity contribution in [1.82, 2.24) is 4.90 Å². The van der Waals surface area contributed by atoms with Crippen LogP contribution in [0.4, 0.5) is 0 Å². The van der Waals surface area contributed by atoms with Gasteiger partial charge < -0.3 is 10.6 Å². The van der Waals surface area contributed by atoms with Crippen molar-refractivity contribution in [1.29, 1.82) is 0 Å². The van der Waals surface area contributed by atoms with Crippen LogP contribution in [-0.4, -0.2) is 24.5 Å². The van der Waals surface area contributed by atoms with Gasteiger partial charge in [-0.05, 0) is 57.0 Å². The molecule has 2 N–H and O–H groups in total. The highest BCUT2D eigenvalue weighted by Gasteiger charge is 2.30. The van der Waals surface area contributed by atoms with E-state index in [2.05, 4.69) is 23.6 Å². The van der Waals surface area contributed by atoms with Crippen LogP contribution in [0.2, 0.25) is 5.02 Å². The van der Waals surface area contributed by atoms with Gasteiger partial charge in [-0.1, -0.05) is 35.7 Å². The fourth-order valence-electron chi connectivity index (χ4n) is 3.09. The molecule has 1 atom stereocenters. The molecule has 1 aromatic carbocycles. The van der Waals surface area contributed by atoms with Crippen molar-refractivity contribution in [3.8, 4) is 0 Å². The second-order valence-electron chi connectivity index (χ2n) is 6.13. The lowest BCUT2D eigenvalue weighted by molar-refractivity contribution is 0.176. The molecule has 0 bridgehead atoms. The minimum Gasteiger partial charge on any atom is -0.320 e. The third kappa shape index (κ3) is 4.08. The van der Waals surface area contributed by atoms with E-state index < -0.39 is 0 Å². The van der Waals surface area contributed by atoms with Gasteiger partial charge in [0, 0.05) is 11.6 Å². The second-order valence-corrected chi connectivity index (χ2v) is 6.57. The molecular formula is C17H25ClN2. The quantitative estimate of drug-likeness (QED) is 0.833. The number of rotatable bonds is 5. The van der Waals surface area contributed by atoms with E-state index in [0.717, 1.165) is 42.2 Å². The van der Waals surface area contributed by atoms with Crippen LogP contribution in [0.15, 0.2) is 36.4 Å². The molecule has 2 nitrogen and oxygen atoms in total. The lowest BCUT2D eigenvalue weighted by Crippen LogP contribution is -2.49. The SMILES string of the molecule is C=C(C)CC(N)(CN1CCCCC1)c1ccc(Cl)cc1. The van der Waals surface area contributed by atoms with Crippen molar-refractivity contribution in [2.75, 3.05) is 19.6 Å². The van der Waals surface area contributed by atoms with Crippen molar-refractivity contribution in [2.24, 2.45) is 5.73 Å². The van der Waals surface area contributed by atoms with E-state index in [1.165, 1.54) is 19.3 Å². The number of nitrogens with zero attached hydrogens (tertiary/aromatic N) is 1. The Labute approximate surface area is 127 Å². The molecule has 2 rings (SSSR count). The molecule has 1 aliphatic heterocycles. The van der Waals surface area contributed by atoms with E-state index in [-0.39, 0.29) is 5.54 Å². The maximum Gasteiger partial charge on any atom is 0.0575 e. The summed E-state index contributed by atoms with van der Waals surface area (Å²) in [5.41, 5.74) is 8.66. The lowest BCUT2D eigenvalue weighted by atomic mass is 9.84. The smallest absolute Gasteiger partial charge is 0.0575 e. The maximum atomic E-state index is 6.76. The highest BCUT2D eigenvalue weighted by molar-refractivity contribution is 6.30. The molecular weight excluding hydrogens is 268 g/mol. The van der Waals surface area contributed by atoms with E-state index in [1.54, 1.807) is 0 Å². The summed E-state index contributed by atoms with van der Waals surface area (Å²) in [5, 5.41) is 0.754. The number of benzene rings is 1. The Balaban J connectivity index is 2.19. The van der Waals surface area contributed by atoms with Gasteiger partial charge in [0.2, 0.25) is 0 Å². The summed E-state index contributed by atoms with van der Waals surface area (Å²) in [6.07, 6.45) is 4.72. The Bertz CT molecular complexity index is 449. The Morgan fingerprint density at radius 1 is 1.25 bits per heavy atom. The first kappa shape index (κ1) is 15.6. The summed E-state index contributed by atoms with van der Waals surface area (Å²) in [6, 6.07) is 7.95. The van der Waals surface area contributed by atoms with Crippen molar-refractivity contribution in [3.05, 3.63) is 47.0 Å². The fraction of sp³-hybridized carbons (Fsp3) is 0.529. The van der Waals surface area contributed by atoms with Crippen molar-refractivity contribution in [2.45, 2.75) is 38.1 Å². The summed E-state index contributed by atoms with van der Waals surface area (Å²) in [4.78, 5) is 2.49. The molecule has 1 unspecified atom stereocenters. The number of nitrogens with two attached hydrogens (primary N) is 1. The predicted octanol–water partition coefficient (Wildman–Crippen LogP) is 3.95. The third-order valence-corrected chi connectivity index (χ3v) is 4.24. The van der Waals surface area contributed by atoms with Crippen LogP contribution in [-0.2, 0) is 5.54 Å². The summed E-state index contributed by atoms with van der Waals surface area (Å²) in [7, 11) is 0. The van der Waals surface area contributed by atoms with E-state index in [9.17, 15) is 0 Å². The van der Waals surface area contributed by atoms with Gasteiger partial charge >= 0.3 is 0 Å². The zero-order chi connectivity index (χ0) is 14.6. The van der Waals surface area contributed by atoms with Crippen LogP contribution in [0.25, 0.3) is 0 Å². The average molecular weight is 293 g/mol. The molecule has 0 spiro atoms. The Morgan fingerprint density at radius 3 is 2.40 bits per heavy atom. The zero-order valence-electron chi connectivity index (χ0n) is 12.4. The number of likely N-dealkylation sites (tertiary alicyclic amines) is 1. The van der Waals surface area contributed by atoms with Gasteiger partial charge in [0.15, 0.2) is 0 Å². The van der Waals surface area contributed by atoms with Crippen molar-refractivity contribution >= 4 is 11.6 Å². The first-order valence-corrected chi connectivity index (χ1v) is 7.79. The molecule has 20 heavy (non-hydrogen) atoms. The molecule has 0 radical (unpaired) electrons. The van der Waals surface area contributed by atoms with Gasteiger partial charge in [-0.3, -0.25) is 0 Å². The maximum absolute atomic E-state index is 6.76. The highest BCUT2D eigenvalue weighted by atomic mass is 35.5. The molecule has 0 aromatic heterocycles. The minimum atomic E-state index is -0.367. The van der Waals surface area contributed by atoms with E-state index >= 15 is 0 Å². The topological polar surface area (TPSA) is 29.3 Å². The lowest BCUT2D eigenvalue weighted by Gasteiger charge is -2.38. The van der Waals surface area contributed by atoms with E-state index in [4.69, 9.17) is 17.3 Å². The first-order valence-electron chi connectivity index (χ1n) is 7.41. The predicted molar refractivity (Wildman–Crippen MR) is 87.0 cm³/mol. The number of halogens is 1. The highest BCUT2D eigenvalue weighted by Crippen LogP contribution is 2.28. The molecule has 0 aliphatic carbocycles. The molecule has 3 heteroatoms. The van der Waals surface area contributed by atoms with E-state index in [0.29, 0.717) is 0 Å². The van der Waals surface area contributed by atoms with Crippen LogP contribution in [0.5, 0.6) is 0 Å². The van der Waals surface area contributed by atoms with Gasteiger partial charge in [0.25, 0.3) is 0 Å². The monoisotopic (exact) mass is 292 g/mol. The van der Waals surface area contributed by atoms with Crippen LogP contribution < -0.4 is 5.73 Å². The fourth-order valence-corrected chi connectivity index (χ4v) is 3.21. The normalized spacial score (nSPS) is 19.6. The van der Waals surface area contributed by atoms with Gasteiger partial charge in [-0.2, -0.15) is 0 Å². The van der Waals surface area contributed by atoms with Crippen LogP contribution in [0.1, 0.15) is 38.2 Å². The summed E-state index contributed by atoms with van der Waals surface area (Å²) in [5.74, 6) is 0. The van der Waals surface area contributed by atoms with Crippen molar-refractivity contribution < 1.29 is 0 Å². The van der Waals surface area contributed by atoms with Gasteiger partial charge in [-0.15, -0.1) is 6.58 Å². The van der Waals surface area contributed by atoms with Crippen LogP contribution >= 0.6 is 11.6 Å². The first-order chi connectivity index (χ1) is 9.49. The Morgan fingerprint density at radius 2 is 1.85 bits per heavy atom. The van der Waals surface area contributed by atoms with Gasteiger partial charge in [-0.25, -0.2) is 0 Å². The Hall–Kier alpha value is -0.830. The minimum absolute atomic E-state index is 0.367. The third-order valence-electron chi connectivity index (χ3n) is 3.99. The zero-order valence-corrected chi connectivity index (χ0v) is 13.1. The summed E-state index contributed by atoms with van der Waals surface area (Å²) < 4.78 is 0. The molecule has 0 amide bonds. The van der Waals surface area contributed by atoms with Gasteiger partial charge in [0.1, 0.15) is 0 Å². The van der Waals surface area contributed by atoms with Gasteiger partial charge in [0.05, 0.1) is 5.54 Å². The number of piperidine rings is 1. The average Bonchev–Trinajstić information content (AvgIpc) is 2.39. The largest absolute Gasteiger partial charge is 0.320 e. The summed E-state index contributed by atoms with van der Waals surface area (Å²) >= 11 is 5.99. The molecule has 1 saturated heterocycles. The molecule has 1 heterocycles. The number of hydrogen-bond acceptors (Lipinski definition) is 2. The molecule has 0 saturated carbocycles. The van der Waals surface area contributed by atoms with Crippen LogP contribution in [0.3, 0.4) is 0 Å². The second kappa shape index (κ2) is 6.75. The molecule has 110 valence electrons. The molecule has 1 aromatic rings. The molecule has 1 fully saturated rings. The molecule has 1 aliphatic rings. The van der Waals surface area contributed by atoms with E-state index in [1.807, 2.05) is 19.1 Å². The number of hydrogen-bond donors (Lipinski definition) is 1. The van der Waals surface area contributed by atoms with Crippen molar-refractivity contribution in [3.63, 3.8) is 0 Å². The summed E-state index contributed by atoms with van der Waals surface area (Å²) in [6.45, 7) is 9.30. The van der Waals surface area contributed by atoms with Crippen LogP contribution in [0, 0.1) is 0 Å².